The summed E-state index contributed by atoms with van der Waals surface area (Å²) in [5.41, 5.74) is 7.17. The van der Waals surface area contributed by atoms with E-state index in [-0.39, 0.29) is 0 Å². The molecule has 15 heavy (non-hydrogen) atoms. The van der Waals surface area contributed by atoms with Crippen LogP contribution in [0.4, 0.5) is 0 Å². The highest BCUT2D eigenvalue weighted by molar-refractivity contribution is 9.10. The van der Waals surface area contributed by atoms with Crippen molar-refractivity contribution in [3.05, 3.63) is 34.3 Å². The monoisotopic (exact) mass is 287 g/mol. The van der Waals surface area contributed by atoms with Crippen molar-refractivity contribution in [2.24, 2.45) is 5.73 Å². The van der Waals surface area contributed by atoms with Crippen molar-refractivity contribution in [2.45, 2.75) is 18.8 Å². The molecule has 0 amide bonds. The average molecular weight is 288 g/mol. The molecule has 0 fully saturated rings. The summed E-state index contributed by atoms with van der Waals surface area (Å²) in [5, 5.41) is 0. The molecule has 0 bridgehead atoms. The SMILES string of the molecule is CSCCCC(CN)c1ccc(Br)cc1. The lowest BCUT2D eigenvalue weighted by Gasteiger charge is -2.14. The second-order valence-corrected chi connectivity index (χ2v) is 5.52. The summed E-state index contributed by atoms with van der Waals surface area (Å²) >= 11 is 5.35. The molecule has 1 rings (SSSR count). The van der Waals surface area contributed by atoms with Gasteiger partial charge in [-0.05, 0) is 55.0 Å². The van der Waals surface area contributed by atoms with Gasteiger partial charge in [0.1, 0.15) is 0 Å². The molecule has 1 nitrogen and oxygen atoms in total. The highest BCUT2D eigenvalue weighted by Gasteiger charge is 2.08. The maximum absolute atomic E-state index is 5.81. The zero-order chi connectivity index (χ0) is 11.1. The fourth-order valence-corrected chi connectivity index (χ4v) is 2.35. The molecule has 0 aliphatic carbocycles. The van der Waals surface area contributed by atoms with Crippen molar-refractivity contribution < 1.29 is 0 Å². The minimum Gasteiger partial charge on any atom is -0.330 e. The quantitative estimate of drug-likeness (QED) is 0.809. The molecule has 3 heteroatoms. The van der Waals surface area contributed by atoms with Gasteiger partial charge in [0.05, 0.1) is 0 Å². The molecule has 1 aromatic carbocycles. The van der Waals surface area contributed by atoms with Gasteiger partial charge >= 0.3 is 0 Å². The van der Waals surface area contributed by atoms with Crippen LogP contribution in [0.15, 0.2) is 28.7 Å². The summed E-state index contributed by atoms with van der Waals surface area (Å²) in [6.45, 7) is 0.746. The van der Waals surface area contributed by atoms with Crippen molar-refractivity contribution in [3.8, 4) is 0 Å². The molecule has 1 unspecified atom stereocenters. The molecular weight excluding hydrogens is 270 g/mol. The minimum absolute atomic E-state index is 0.519. The first kappa shape index (κ1) is 13.1. The number of hydrogen-bond donors (Lipinski definition) is 1. The Bertz CT molecular complexity index is 273. The third-order valence-corrected chi connectivity index (χ3v) is 3.75. The van der Waals surface area contributed by atoms with Gasteiger partial charge < -0.3 is 5.73 Å². The molecule has 0 aliphatic rings. The van der Waals surface area contributed by atoms with Crippen LogP contribution in [-0.4, -0.2) is 18.6 Å². The van der Waals surface area contributed by atoms with E-state index in [2.05, 4.69) is 46.5 Å². The third-order valence-electron chi connectivity index (χ3n) is 2.53. The Hall–Kier alpha value is 0.01000. The van der Waals surface area contributed by atoms with Crippen LogP contribution in [0.25, 0.3) is 0 Å². The summed E-state index contributed by atoms with van der Waals surface area (Å²) in [6, 6.07) is 8.51. The smallest absolute Gasteiger partial charge is 0.0175 e. The van der Waals surface area contributed by atoms with Crippen LogP contribution in [0, 0.1) is 0 Å². The molecule has 0 heterocycles. The van der Waals surface area contributed by atoms with E-state index in [1.54, 1.807) is 0 Å². The fourth-order valence-electron chi connectivity index (χ4n) is 1.63. The fraction of sp³-hybridized carbons (Fsp3) is 0.500. The van der Waals surface area contributed by atoms with E-state index in [0.29, 0.717) is 5.92 Å². The Morgan fingerprint density at radius 1 is 1.33 bits per heavy atom. The van der Waals surface area contributed by atoms with Gasteiger partial charge in [0.25, 0.3) is 0 Å². The van der Waals surface area contributed by atoms with E-state index < -0.39 is 0 Å². The normalized spacial score (nSPS) is 12.7. The second kappa shape index (κ2) is 7.31. The van der Waals surface area contributed by atoms with Crippen molar-refractivity contribution in [3.63, 3.8) is 0 Å². The first-order valence-electron chi connectivity index (χ1n) is 5.22. The van der Waals surface area contributed by atoms with Gasteiger partial charge in [0, 0.05) is 4.47 Å². The molecule has 0 radical (unpaired) electrons. The van der Waals surface area contributed by atoms with E-state index >= 15 is 0 Å². The summed E-state index contributed by atoms with van der Waals surface area (Å²) < 4.78 is 1.13. The van der Waals surface area contributed by atoms with Crippen LogP contribution >= 0.6 is 27.7 Å². The number of halogens is 1. The van der Waals surface area contributed by atoms with Gasteiger partial charge in [0.15, 0.2) is 0 Å². The van der Waals surface area contributed by atoms with Crippen molar-refractivity contribution >= 4 is 27.7 Å². The Morgan fingerprint density at radius 2 is 2.00 bits per heavy atom. The predicted octanol–water partition coefficient (Wildman–Crippen LogP) is 3.63. The van der Waals surface area contributed by atoms with Gasteiger partial charge in [-0.3, -0.25) is 0 Å². The molecule has 0 spiro atoms. The van der Waals surface area contributed by atoms with Gasteiger partial charge in [0.2, 0.25) is 0 Å². The van der Waals surface area contributed by atoms with Crippen LogP contribution in [0.2, 0.25) is 0 Å². The highest BCUT2D eigenvalue weighted by Crippen LogP contribution is 2.22. The van der Waals surface area contributed by atoms with E-state index in [0.717, 1.165) is 11.0 Å². The van der Waals surface area contributed by atoms with E-state index in [1.807, 2.05) is 11.8 Å². The molecule has 1 aromatic rings. The van der Waals surface area contributed by atoms with E-state index in [1.165, 1.54) is 24.2 Å². The maximum atomic E-state index is 5.81. The Balaban J connectivity index is 2.53. The van der Waals surface area contributed by atoms with Crippen molar-refractivity contribution in [1.29, 1.82) is 0 Å². The zero-order valence-corrected chi connectivity index (χ0v) is 11.5. The van der Waals surface area contributed by atoms with Crippen molar-refractivity contribution in [1.82, 2.24) is 0 Å². The second-order valence-electron chi connectivity index (χ2n) is 3.62. The Kier molecular flexibility index (Phi) is 6.37. The molecule has 0 aromatic heterocycles. The minimum atomic E-state index is 0.519. The number of nitrogens with two attached hydrogens (primary N) is 1. The van der Waals surface area contributed by atoms with Gasteiger partial charge in [-0.1, -0.05) is 28.1 Å². The Morgan fingerprint density at radius 3 is 2.53 bits per heavy atom. The maximum Gasteiger partial charge on any atom is 0.0175 e. The van der Waals surface area contributed by atoms with Crippen LogP contribution < -0.4 is 5.73 Å². The first-order chi connectivity index (χ1) is 7.27. The third kappa shape index (κ3) is 4.58. The molecule has 1 atom stereocenters. The Labute approximate surface area is 105 Å². The van der Waals surface area contributed by atoms with E-state index in [4.69, 9.17) is 5.73 Å². The standard InChI is InChI=1S/C12H18BrNS/c1-15-8-2-3-11(9-14)10-4-6-12(13)7-5-10/h4-7,11H,2-3,8-9,14H2,1H3. The number of rotatable bonds is 6. The van der Waals surface area contributed by atoms with E-state index in [9.17, 15) is 0 Å². The highest BCUT2D eigenvalue weighted by atomic mass is 79.9. The lowest BCUT2D eigenvalue weighted by Crippen LogP contribution is -2.12. The molecule has 2 N–H and O–H groups in total. The number of benzene rings is 1. The van der Waals surface area contributed by atoms with Gasteiger partial charge in [-0.15, -0.1) is 0 Å². The average Bonchev–Trinajstić information content (AvgIpc) is 2.26. The number of thioether (sulfide) groups is 1. The first-order valence-corrected chi connectivity index (χ1v) is 7.41. The predicted molar refractivity (Wildman–Crippen MR) is 73.6 cm³/mol. The number of hydrogen-bond acceptors (Lipinski definition) is 2. The summed E-state index contributed by atoms with van der Waals surface area (Å²) in [4.78, 5) is 0. The molecular formula is C12H18BrNS. The summed E-state index contributed by atoms with van der Waals surface area (Å²) in [6.07, 6.45) is 4.59. The molecule has 0 saturated carbocycles. The molecule has 0 aliphatic heterocycles. The topological polar surface area (TPSA) is 26.0 Å². The van der Waals surface area contributed by atoms with Crippen LogP contribution in [0.3, 0.4) is 0 Å². The van der Waals surface area contributed by atoms with Gasteiger partial charge in [-0.2, -0.15) is 11.8 Å². The lowest BCUT2D eigenvalue weighted by atomic mass is 9.95. The largest absolute Gasteiger partial charge is 0.330 e. The van der Waals surface area contributed by atoms with Crippen LogP contribution in [-0.2, 0) is 0 Å². The molecule has 0 saturated heterocycles. The molecule has 84 valence electrons. The van der Waals surface area contributed by atoms with Gasteiger partial charge in [-0.25, -0.2) is 0 Å². The lowest BCUT2D eigenvalue weighted by molar-refractivity contribution is 0.626. The van der Waals surface area contributed by atoms with Crippen molar-refractivity contribution in [2.75, 3.05) is 18.6 Å². The zero-order valence-electron chi connectivity index (χ0n) is 9.08. The van der Waals surface area contributed by atoms with Crippen LogP contribution in [0.5, 0.6) is 0 Å². The summed E-state index contributed by atoms with van der Waals surface area (Å²) in [5.74, 6) is 1.75. The summed E-state index contributed by atoms with van der Waals surface area (Å²) in [7, 11) is 0. The van der Waals surface area contributed by atoms with Crippen LogP contribution in [0.1, 0.15) is 24.3 Å².